The van der Waals surface area contributed by atoms with E-state index < -0.39 is 0 Å². The Balaban J connectivity index is 1.47. The number of aromatic nitrogens is 4. The van der Waals surface area contributed by atoms with Gasteiger partial charge >= 0.3 is 5.69 Å². The van der Waals surface area contributed by atoms with Gasteiger partial charge in [-0.05, 0) is 19.1 Å². The Bertz CT molecular complexity index is 1120. The van der Waals surface area contributed by atoms with Crippen molar-refractivity contribution >= 4 is 11.6 Å². The van der Waals surface area contributed by atoms with Gasteiger partial charge in [0.15, 0.2) is 5.82 Å². The van der Waals surface area contributed by atoms with E-state index in [0.29, 0.717) is 18.9 Å². The van der Waals surface area contributed by atoms with Gasteiger partial charge in [0, 0.05) is 51.9 Å². The van der Waals surface area contributed by atoms with Gasteiger partial charge in [0.25, 0.3) is 5.56 Å². The molecule has 4 rings (SSSR count). The van der Waals surface area contributed by atoms with Crippen LogP contribution in [-0.4, -0.2) is 45.5 Å². The third kappa shape index (κ3) is 3.65. The molecule has 1 aliphatic heterocycles. The van der Waals surface area contributed by atoms with Crippen LogP contribution in [0.3, 0.4) is 0 Å². The second kappa shape index (κ2) is 7.54. The first-order chi connectivity index (χ1) is 13.9. The normalized spacial score (nSPS) is 14.3. The van der Waals surface area contributed by atoms with E-state index >= 15 is 0 Å². The van der Waals surface area contributed by atoms with Crippen molar-refractivity contribution in [2.24, 2.45) is 14.1 Å². The molecule has 3 heterocycles. The van der Waals surface area contributed by atoms with Crippen LogP contribution in [0.4, 0.5) is 11.6 Å². The zero-order valence-corrected chi connectivity index (χ0v) is 16.9. The Kier molecular flexibility index (Phi) is 4.92. The minimum atomic E-state index is -0.313. The summed E-state index contributed by atoms with van der Waals surface area (Å²) in [5.41, 5.74) is 2.51. The van der Waals surface area contributed by atoms with Crippen molar-refractivity contribution in [1.29, 1.82) is 0 Å². The van der Waals surface area contributed by atoms with Gasteiger partial charge in [-0.25, -0.2) is 4.79 Å². The third-order valence-corrected chi connectivity index (χ3v) is 5.43. The standard InChI is InChI=1S/C21H24N6O2/c1-15-4-6-16(7-5-15)17-8-9-18(23-22-17)26-10-12-27(13-11-26)19-14-20(28)25(3)21(29)24(19)2/h4-9,14H,10-13H2,1-3H3. The summed E-state index contributed by atoms with van der Waals surface area (Å²) in [5.74, 6) is 1.48. The number of anilines is 2. The highest BCUT2D eigenvalue weighted by Gasteiger charge is 2.21. The summed E-state index contributed by atoms with van der Waals surface area (Å²) in [6.07, 6.45) is 0. The van der Waals surface area contributed by atoms with Crippen molar-refractivity contribution in [2.45, 2.75) is 6.92 Å². The molecule has 0 bridgehead atoms. The van der Waals surface area contributed by atoms with Gasteiger partial charge < -0.3 is 9.80 Å². The predicted molar refractivity (Wildman–Crippen MR) is 114 cm³/mol. The first kappa shape index (κ1) is 18.9. The van der Waals surface area contributed by atoms with Crippen molar-refractivity contribution in [3.8, 4) is 11.3 Å². The quantitative estimate of drug-likeness (QED) is 0.666. The van der Waals surface area contributed by atoms with Gasteiger partial charge in [0.2, 0.25) is 0 Å². The van der Waals surface area contributed by atoms with Crippen LogP contribution < -0.4 is 21.0 Å². The Morgan fingerprint density at radius 1 is 0.793 bits per heavy atom. The SMILES string of the molecule is Cc1ccc(-c2ccc(N3CCN(c4cc(=O)n(C)c(=O)n4C)CC3)nn2)cc1. The van der Waals surface area contributed by atoms with Crippen molar-refractivity contribution in [3.05, 3.63) is 68.9 Å². The smallest absolute Gasteiger partial charge is 0.332 e. The Morgan fingerprint density at radius 2 is 1.45 bits per heavy atom. The zero-order chi connectivity index (χ0) is 20.5. The zero-order valence-electron chi connectivity index (χ0n) is 16.9. The molecule has 0 unspecified atom stereocenters. The fourth-order valence-electron chi connectivity index (χ4n) is 3.56. The molecule has 0 saturated carbocycles. The first-order valence-corrected chi connectivity index (χ1v) is 9.62. The summed E-state index contributed by atoms with van der Waals surface area (Å²) in [4.78, 5) is 28.4. The van der Waals surface area contributed by atoms with Crippen molar-refractivity contribution in [3.63, 3.8) is 0 Å². The summed E-state index contributed by atoms with van der Waals surface area (Å²) in [6, 6.07) is 13.7. The highest BCUT2D eigenvalue weighted by Crippen LogP contribution is 2.21. The van der Waals surface area contributed by atoms with E-state index in [4.69, 9.17) is 0 Å². The fraction of sp³-hybridized carbons (Fsp3) is 0.333. The summed E-state index contributed by atoms with van der Waals surface area (Å²) in [7, 11) is 3.18. The highest BCUT2D eigenvalue weighted by molar-refractivity contribution is 5.60. The van der Waals surface area contributed by atoms with Crippen LogP contribution >= 0.6 is 0 Å². The Labute approximate surface area is 168 Å². The molecule has 0 aliphatic carbocycles. The van der Waals surface area contributed by atoms with E-state index in [-0.39, 0.29) is 11.2 Å². The molecule has 0 amide bonds. The van der Waals surface area contributed by atoms with Crippen LogP contribution in [-0.2, 0) is 14.1 Å². The molecular weight excluding hydrogens is 368 g/mol. The average molecular weight is 392 g/mol. The molecule has 2 aromatic heterocycles. The van der Waals surface area contributed by atoms with E-state index in [1.807, 2.05) is 24.3 Å². The minimum Gasteiger partial charge on any atom is -0.354 e. The number of rotatable bonds is 3. The van der Waals surface area contributed by atoms with E-state index in [1.54, 1.807) is 7.05 Å². The van der Waals surface area contributed by atoms with Crippen LogP contribution in [0.25, 0.3) is 11.3 Å². The number of nitrogens with zero attached hydrogens (tertiary/aromatic N) is 6. The largest absolute Gasteiger partial charge is 0.354 e. The maximum atomic E-state index is 12.2. The van der Waals surface area contributed by atoms with Crippen LogP contribution in [0.1, 0.15) is 5.56 Å². The third-order valence-electron chi connectivity index (χ3n) is 5.43. The molecule has 1 saturated heterocycles. The number of hydrogen-bond donors (Lipinski definition) is 0. The number of aryl methyl sites for hydroxylation is 1. The molecule has 3 aromatic rings. The van der Waals surface area contributed by atoms with Crippen molar-refractivity contribution < 1.29 is 0 Å². The second-order valence-corrected chi connectivity index (χ2v) is 7.36. The van der Waals surface area contributed by atoms with Crippen molar-refractivity contribution in [1.82, 2.24) is 19.3 Å². The van der Waals surface area contributed by atoms with Gasteiger partial charge in [-0.1, -0.05) is 29.8 Å². The summed E-state index contributed by atoms with van der Waals surface area (Å²) >= 11 is 0. The number of hydrogen-bond acceptors (Lipinski definition) is 6. The Morgan fingerprint density at radius 3 is 2.07 bits per heavy atom. The van der Waals surface area contributed by atoms with Crippen LogP contribution in [0.2, 0.25) is 0 Å². The van der Waals surface area contributed by atoms with Crippen LogP contribution in [0.15, 0.2) is 52.1 Å². The van der Waals surface area contributed by atoms with E-state index in [0.717, 1.165) is 34.7 Å². The molecule has 0 N–H and O–H groups in total. The molecule has 0 radical (unpaired) electrons. The average Bonchev–Trinajstić information content (AvgIpc) is 2.76. The molecule has 1 aliphatic rings. The minimum absolute atomic E-state index is 0.289. The predicted octanol–water partition coefficient (Wildman–Crippen LogP) is 1.18. The van der Waals surface area contributed by atoms with Crippen molar-refractivity contribution in [2.75, 3.05) is 36.0 Å². The number of piperazine rings is 1. The van der Waals surface area contributed by atoms with Crippen LogP contribution in [0.5, 0.6) is 0 Å². The molecule has 0 atom stereocenters. The van der Waals surface area contributed by atoms with Gasteiger partial charge in [-0.15, -0.1) is 10.2 Å². The first-order valence-electron chi connectivity index (χ1n) is 9.62. The topological polar surface area (TPSA) is 76.3 Å². The molecule has 1 aromatic carbocycles. The fourth-order valence-corrected chi connectivity index (χ4v) is 3.56. The molecule has 29 heavy (non-hydrogen) atoms. The maximum absolute atomic E-state index is 12.2. The highest BCUT2D eigenvalue weighted by atomic mass is 16.2. The molecule has 8 heteroatoms. The number of benzene rings is 1. The van der Waals surface area contributed by atoms with Gasteiger partial charge in [-0.2, -0.15) is 0 Å². The second-order valence-electron chi connectivity index (χ2n) is 7.36. The summed E-state index contributed by atoms with van der Waals surface area (Å²) in [5, 5.41) is 8.79. The molecule has 0 spiro atoms. The molecule has 150 valence electrons. The molecular formula is C21H24N6O2. The van der Waals surface area contributed by atoms with Gasteiger partial charge in [-0.3, -0.25) is 13.9 Å². The summed E-state index contributed by atoms with van der Waals surface area (Å²) < 4.78 is 2.64. The molecule has 1 fully saturated rings. The lowest BCUT2D eigenvalue weighted by molar-refractivity contribution is 0.605. The molecule has 8 nitrogen and oxygen atoms in total. The lowest BCUT2D eigenvalue weighted by Gasteiger charge is -2.36. The maximum Gasteiger partial charge on any atom is 0.332 e. The van der Waals surface area contributed by atoms with E-state index in [1.165, 1.54) is 23.2 Å². The van der Waals surface area contributed by atoms with Gasteiger partial charge in [0.1, 0.15) is 5.82 Å². The lowest BCUT2D eigenvalue weighted by Crippen LogP contribution is -2.49. The Hall–Kier alpha value is -3.42. The van der Waals surface area contributed by atoms with Gasteiger partial charge in [0.05, 0.1) is 5.69 Å². The lowest BCUT2D eigenvalue weighted by atomic mass is 10.1. The van der Waals surface area contributed by atoms with Crippen LogP contribution in [0, 0.1) is 6.92 Å². The monoisotopic (exact) mass is 392 g/mol. The van der Waals surface area contributed by atoms with E-state index in [9.17, 15) is 9.59 Å². The summed E-state index contributed by atoms with van der Waals surface area (Å²) in [6.45, 7) is 4.93. The van der Waals surface area contributed by atoms with E-state index in [2.05, 4.69) is 39.1 Å².